The van der Waals surface area contributed by atoms with E-state index in [4.69, 9.17) is 9.47 Å². The van der Waals surface area contributed by atoms with Gasteiger partial charge < -0.3 is 14.8 Å². The van der Waals surface area contributed by atoms with Crippen LogP contribution in [0.15, 0.2) is 71.4 Å². The Morgan fingerprint density at radius 1 is 1.08 bits per heavy atom. The van der Waals surface area contributed by atoms with Gasteiger partial charge in [-0.05, 0) is 56.5 Å². The fourth-order valence-electron chi connectivity index (χ4n) is 5.05. The second kappa shape index (κ2) is 11.2. The van der Waals surface area contributed by atoms with E-state index in [0.29, 0.717) is 21.8 Å². The van der Waals surface area contributed by atoms with E-state index in [2.05, 4.69) is 10.3 Å². The third kappa shape index (κ3) is 5.71. The van der Waals surface area contributed by atoms with Crippen LogP contribution in [0.2, 0.25) is 0 Å². The van der Waals surface area contributed by atoms with Gasteiger partial charge in [-0.3, -0.25) is 4.79 Å². The maximum atomic E-state index is 13.3. The molecule has 6 nitrogen and oxygen atoms in total. The molecule has 5 rings (SSSR count). The van der Waals surface area contributed by atoms with Crippen LogP contribution in [0.5, 0.6) is 0 Å². The van der Waals surface area contributed by atoms with Crippen molar-refractivity contribution in [1.82, 2.24) is 10.3 Å². The highest BCUT2D eigenvalue weighted by molar-refractivity contribution is 7.09. The minimum Gasteiger partial charge on any atom is -0.466 e. The second-order valence-electron chi connectivity index (χ2n) is 9.29. The first-order valence-electron chi connectivity index (χ1n) is 12.5. The Hall–Kier alpha value is -3.66. The number of esters is 2. The maximum Gasteiger partial charge on any atom is 0.417 e. The number of aromatic nitrogens is 1. The molecule has 0 radical (unpaired) electrons. The van der Waals surface area contributed by atoms with E-state index < -0.39 is 35.1 Å². The molecule has 0 amide bonds. The number of nitrogens with zero attached hydrogens (tertiary/aromatic N) is 1. The van der Waals surface area contributed by atoms with Crippen LogP contribution in [-0.4, -0.2) is 30.1 Å². The lowest BCUT2D eigenvalue weighted by Gasteiger charge is -2.46. The van der Waals surface area contributed by atoms with Gasteiger partial charge in [0.2, 0.25) is 0 Å². The molecule has 3 unspecified atom stereocenters. The van der Waals surface area contributed by atoms with Crippen molar-refractivity contribution in [3.63, 3.8) is 0 Å². The largest absolute Gasteiger partial charge is 0.466 e. The van der Waals surface area contributed by atoms with E-state index in [1.165, 1.54) is 23.5 Å². The van der Waals surface area contributed by atoms with E-state index in [1.54, 1.807) is 20.0 Å². The standard InChI is InChI=1S/C22H26N2O4S.C7H3F3/c1-5-27-20(25)16-14(3)24-22(4,15-10-8-7-9-11-15)18(21(26)28-6-2)17(16)19-23-12-13-29-19;8-7(9,10)6-2-1-4-3-5(4)6/h7-13,17-18,24H,5-6H2,1-4H3;1-3H. The molecule has 2 aromatic rings. The van der Waals surface area contributed by atoms with E-state index in [-0.39, 0.29) is 19.2 Å². The van der Waals surface area contributed by atoms with Gasteiger partial charge in [-0.2, -0.15) is 13.2 Å². The first-order valence-corrected chi connectivity index (χ1v) is 13.4. The van der Waals surface area contributed by atoms with Crippen molar-refractivity contribution >= 4 is 23.3 Å². The van der Waals surface area contributed by atoms with Gasteiger partial charge in [0, 0.05) is 17.3 Å². The van der Waals surface area contributed by atoms with Crippen molar-refractivity contribution < 1.29 is 32.2 Å². The zero-order valence-electron chi connectivity index (χ0n) is 22.0. The van der Waals surface area contributed by atoms with Crippen LogP contribution in [0.25, 0.3) is 11.1 Å². The molecule has 39 heavy (non-hydrogen) atoms. The number of ether oxygens (including phenoxy) is 2. The molecule has 0 spiro atoms. The molecular weight excluding hydrogens is 529 g/mol. The molecule has 1 aliphatic heterocycles. The SMILES string of the molecule is CCOC(=O)C1=C(C)NC(C)(c2ccccc2)C(C(=O)OCC)C1c1nccs1.FC(F)(F)c1ccc2cc1-2. The summed E-state index contributed by atoms with van der Waals surface area (Å²) >= 11 is 1.42. The van der Waals surface area contributed by atoms with E-state index in [0.717, 1.165) is 17.2 Å². The Labute approximate surface area is 228 Å². The van der Waals surface area contributed by atoms with Crippen LogP contribution >= 0.6 is 11.3 Å². The smallest absolute Gasteiger partial charge is 0.417 e. The highest BCUT2D eigenvalue weighted by Crippen LogP contribution is 2.49. The van der Waals surface area contributed by atoms with Crippen molar-refractivity contribution in [2.24, 2.45) is 5.92 Å². The summed E-state index contributed by atoms with van der Waals surface area (Å²) in [7, 11) is 0. The van der Waals surface area contributed by atoms with Crippen LogP contribution < -0.4 is 5.32 Å². The predicted molar refractivity (Wildman–Crippen MR) is 142 cm³/mol. The lowest BCUT2D eigenvalue weighted by atomic mass is 9.67. The normalized spacial score (nSPS) is 21.3. The Morgan fingerprint density at radius 3 is 2.26 bits per heavy atom. The number of halogens is 3. The van der Waals surface area contributed by atoms with Gasteiger partial charge in [0.25, 0.3) is 0 Å². The van der Waals surface area contributed by atoms with Gasteiger partial charge in [-0.1, -0.05) is 36.4 Å². The van der Waals surface area contributed by atoms with Crippen LogP contribution in [0.3, 0.4) is 0 Å². The summed E-state index contributed by atoms with van der Waals surface area (Å²) in [6.07, 6.45) is -2.48. The van der Waals surface area contributed by atoms with Crippen LogP contribution in [-0.2, 0) is 30.8 Å². The summed E-state index contributed by atoms with van der Waals surface area (Å²) in [6.45, 7) is 7.85. The minimum atomic E-state index is -4.17. The molecule has 0 fully saturated rings. The predicted octanol–water partition coefficient (Wildman–Crippen LogP) is 6.45. The molecule has 3 atom stereocenters. The number of carbonyl (C=O) groups excluding carboxylic acids is 2. The van der Waals surface area contributed by atoms with Crippen LogP contribution in [0, 0.1) is 5.92 Å². The molecule has 206 valence electrons. The highest BCUT2D eigenvalue weighted by atomic mass is 32.1. The summed E-state index contributed by atoms with van der Waals surface area (Å²) < 4.78 is 46.5. The molecule has 1 aromatic heterocycles. The average Bonchev–Trinajstić information content (AvgIpc) is 3.26. The molecule has 2 heterocycles. The van der Waals surface area contributed by atoms with Gasteiger partial charge in [0.15, 0.2) is 0 Å². The molecule has 1 aromatic carbocycles. The number of alkyl halides is 3. The lowest BCUT2D eigenvalue weighted by molar-refractivity contribution is -0.152. The summed E-state index contributed by atoms with van der Waals surface area (Å²) in [5.41, 5.74) is 1.84. The number of thiazole rings is 1. The zero-order valence-corrected chi connectivity index (χ0v) is 22.8. The summed E-state index contributed by atoms with van der Waals surface area (Å²) in [6, 6.07) is 13.9. The Bertz CT molecular complexity index is 1370. The molecule has 3 aliphatic rings. The van der Waals surface area contributed by atoms with Gasteiger partial charge in [-0.25, -0.2) is 9.78 Å². The minimum absolute atomic E-state index is 0.250. The first kappa shape index (κ1) is 28.4. The number of hydrogen-bond acceptors (Lipinski definition) is 7. The van der Waals surface area contributed by atoms with Crippen LogP contribution in [0.4, 0.5) is 13.2 Å². The number of hydrogen-bond donors (Lipinski definition) is 1. The van der Waals surface area contributed by atoms with Crippen molar-refractivity contribution in [3.8, 4) is 11.1 Å². The summed E-state index contributed by atoms with van der Waals surface area (Å²) in [4.78, 5) is 30.6. The second-order valence-corrected chi connectivity index (χ2v) is 10.2. The van der Waals surface area contributed by atoms with Gasteiger partial charge in [0.1, 0.15) is 5.01 Å². The van der Waals surface area contributed by atoms with Crippen molar-refractivity contribution in [1.29, 1.82) is 0 Å². The molecule has 0 saturated carbocycles. The van der Waals surface area contributed by atoms with Crippen molar-refractivity contribution in [2.45, 2.75) is 45.3 Å². The first-order chi connectivity index (χ1) is 18.5. The number of allylic oxidation sites excluding steroid dienone is 1. The van der Waals surface area contributed by atoms with Gasteiger partial charge in [0.05, 0.1) is 41.7 Å². The van der Waals surface area contributed by atoms with Crippen molar-refractivity contribution in [2.75, 3.05) is 13.2 Å². The Morgan fingerprint density at radius 2 is 1.77 bits per heavy atom. The highest BCUT2D eigenvalue weighted by Gasteiger charge is 2.54. The van der Waals surface area contributed by atoms with Crippen molar-refractivity contribution in [3.05, 3.63) is 87.5 Å². The molecule has 2 aliphatic carbocycles. The molecule has 10 heteroatoms. The number of carbonyl (C=O) groups is 2. The number of benzene rings is 2. The van der Waals surface area contributed by atoms with E-state index in [1.807, 2.05) is 49.6 Å². The molecular formula is C29H29F3N2O4S. The topological polar surface area (TPSA) is 77.5 Å². The van der Waals surface area contributed by atoms with E-state index >= 15 is 0 Å². The summed E-state index contributed by atoms with van der Waals surface area (Å²) in [5.74, 6) is -2.08. The monoisotopic (exact) mass is 558 g/mol. The third-order valence-corrected chi connectivity index (χ3v) is 7.66. The molecule has 1 N–H and O–H groups in total. The van der Waals surface area contributed by atoms with Gasteiger partial charge in [-0.15, -0.1) is 11.3 Å². The fourth-order valence-corrected chi connectivity index (χ4v) is 5.83. The molecule has 0 bridgehead atoms. The van der Waals surface area contributed by atoms with Gasteiger partial charge >= 0.3 is 18.1 Å². The van der Waals surface area contributed by atoms with Crippen LogP contribution in [0.1, 0.15) is 49.7 Å². The fraction of sp³-hybridized carbons (Fsp3) is 0.345. The average molecular weight is 559 g/mol. The lowest BCUT2D eigenvalue weighted by Crippen LogP contribution is -2.55. The summed E-state index contributed by atoms with van der Waals surface area (Å²) in [5, 5.41) is 5.97. The Kier molecular flexibility index (Phi) is 8.15. The number of fused-ring (bicyclic) bond motifs is 1. The number of nitrogens with one attached hydrogen (secondary N) is 1. The maximum absolute atomic E-state index is 13.3. The Balaban J connectivity index is 0.000000292. The zero-order chi connectivity index (χ0) is 28.4. The molecule has 0 saturated heterocycles. The van der Waals surface area contributed by atoms with E-state index in [9.17, 15) is 22.8 Å². The number of rotatable bonds is 6. The third-order valence-electron chi connectivity index (χ3n) is 6.80. The quantitative estimate of drug-likeness (QED) is 0.274.